The predicted molar refractivity (Wildman–Crippen MR) is 99.9 cm³/mol. The Hall–Kier alpha value is -1.95. The van der Waals surface area contributed by atoms with Crippen LogP contribution in [0.4, 0.5) is 0 Å². The Labute approximate surface area is 150 Å². The summed E-state index contributed by atoms with van der Waals surface area (Å²) in [6.07, 6.45) is 4.08. The third-order valence-corrected chi connectivity index (χ3v) is 5.35. The van der Waals surface area contributed by atoms with Crippen LogP contribution in [-0.4, -0.2) is 24.2 Å². The minimum atomic E-state index is 0.0597. The van der Waals surface area contributed by atoms with Crippen molar-refractivity contribution in [1.82, 2.24) is 4.90 Å². The zero-order chi connectivity index (χ0) is 17.1. The van der Waals surface area contributed by atoms with Crippen molar-refractivity contribution in [2.24, 2.45) is 0 Å². The van der Waals surface area contributed by atoms with Gasteiger partial charge in [0.05, 0.1) is 17.8 Å². The average molecular weight is 355 g/mol. The molecule has 0 N–H and O–H groups in total. The number of ether oxygens (including phenoxy) is 1. The summed E-state index contributed by atoms with van der Waals surface area (Å²) < 4.78 is 11.5. The van der Waals surface area contributed by atoms with E-state index in [9.17, 15) is 4.79 Å². The zero-order valence-corrected chi connectivity index (χ0v) is 14.8. The van der Waals surface area contributed by atoms with Crippen LogP contribution in [0.15, 0.2) is 56.6 Å². The second kappa shape index (κ2) is 7.52. The molecular weight excluding hydrogens is 334 g/mol. The van der Waals surface area contributed by atoms with Gasteiger partial charge in [-0.05, 0) is 47.4 Å². The number of hydrogen-bond acceptors (Lipinski definition) is 5. The van der Waals surface area contributed by atoms with E-state index in [-0.39, 0.29) is 11.5 Å². The number of para-hydroxylation sites is 1. The minimum Gasteiger partial charge on any atom is -0.464 e. The van der Waals surface area contributed by atoms with Crippen LogP contribution in [-0.2, 0) is 17.8 Å². The molecule has 3 aromatic rings. The maximum absolute atomic E-state index is 12.8. The van der Waals surface area contributed by atoms with Gasteiger partial charge in [0, 0.05) is 31.8 Å². The van der Waals surface area contributed by atoms with E-state index in [1.165, 1.54) is 5.56 Å². The van der Waals surface area contributed by atoms with Crippen LogP contribution in [0.25, 0.3) is 11.0 Å². The zero-order valence-electron chi connectivity index (χ0n) is 14.0. The topological polar surface area (TPSA) is 42.7 Å². The third kappa shape index (κ3) is 3.84. The Bertz CT molecular complexity index is 881. The lowest BCUT2D eigenvalue weighted by molar-refractivity contribution is 0.0677. The monoisotopic (exact) mass is 355 g/mol. The molecule has 1 atom stereocenters. The fourth-order valence-corrected chi connectivity index (χ4v) is 4.03. The first-order chi connectivity index (χ1) is 12.3. The molecule has 1 saturated heterocycles. The van der Waals surface area contributed by atoms with Crippen molar-refractivity contribution in [3.8, 4) is 0 Å². The van der Waals surface area contributed by atoms with E-state index in [2.05, 4.69) is 21.7 Å². The fourth-order valence-electron chi connectivity index (χ4n) is 3.37. The van der Waals surface area contributed by atoms with Gasteiger partial charge >= 0.3 is 0 Å². The Morgan fingerprint density at radius 1 is 1.20 bits per heavy atom. The number of fused-ring (bicyclic) bond motifs is 1. The lowest BCUT2D eigenvalue weighted by atomic mass is 10.1. The largest absolute Gasteiger partial charge is 0.464 e. The summed E-state index contributed by atoms with van der Waals surface area (Å²) in [6, 6.07) is 9.55. The maximum atomic E-state index is 12.8. The SMILES string of the molecule is O=c1c(CN(Cc2ccsc2)C[C@@H]2CCCO2)coc2ccccc12. The first kappa shape index (κ1) is 16.5. The van der Waals surface area contributed by atoms with E-state index in [4.69, 9.17) is 9.15 Å². The van der Waals surface area contributed by atoms with Crippen LogP contribution in [0.5, 0.6) is 0 Å². The molecule has 0 spiro atoms. The molecule has 0 amide bonds. The standard InChI is InChI=1S/C20H21NO3S/c22-20-16(13-24-19-6-2-1-5-18(19)20)11-21(10-15-7-9-25-14-15)12-17-4-3-8-23-17/h1-2,5-7,9,13-14,17H,3-4,8,10-12H2/t17-/m0/s1. The van der Waals surface area contributed by atoms with Gasteiger partial charge in [0.25, 0.3) is 0 Å². The van der Waals surface area contributed by atoms with Gasteiger partial charge in [0.1, 0.15) is 5.58 Å². The van der Waals surface area contributed by atoms with E-state index in [0.29, 0.717) is 23.1 Å². The van der Waals surface area contributed by atoms with Gasteiger partial charge in [-0.25, -0.2) is 0 Å². The maximum Gasteiger partial charge on any atom is 0.197 e. The molecule has 0 unspecified atom stereocenters. The summed E-state index contributed by atoms with van der Waals surface area (Å²) >= 11 is 1.70. The summed E-state index contributed by atoms with van der Waals surface area (Å²) in [4.78, 5) is 15.1. The van der Waals surface area contributed by atoms with E-state index in [1.807, 2.05) is 24.3 Å². The predicted octanol–water partition coefficient (Wildman–Crippen LogP) is 4.04. The highest BCUT2D eigenvalue weighted by Gasteiger charge is 2.21. The molecule has 0 saturated carbocycles. The quantitative estimate of drug-likeness (QED) is 0.669. The Balaban J connectivity index is 1.58. The number of rotatable bonds is 6. The molecule has 1 aliphatic heterocycles. The van der Waals surface area contributed by atoms with Gasteiger partial charge in [-0.15, -0.1) is 0 Å². The number of hydrogen-bond donors (Lipinski definition) is 0. The molecule has 0 aliphatic carbocycles. The number of nitrogens with zero attached hydrogens (tertiary/aromatic N) is 1. The Morgan fingerprint density at radius 3 is 2.92 bits per heavy atom. The summed E-state index contributed by atoms with van der Waals surface area (Å²) in [5, 5.41) is 4.89. The smallest absolute Gasteiger partial charge is 0.197 e. The third-order valence-electron chi connectivity index (χ3n) is 4.62. The van der Waals surface area contributed by atoms with E-state index in [0.717, 1.165) is 32.5 Å². The highest BCUT2D eigenvalue weighted by atomic mass is 32.1. The molecular formula is C20H21NO3S. The highest BCUT2D eigenvalue weighted by molar-refractivity contribution is 7.07. The van der Waals surface area contributed by atoms with Crippen molar-refractivity contribution in [3.05, 3.63) is 68.7 Å². The molecule has 1 aliphatic rings. The van der Waals surface area contributed by atoms with Crippen LogP contribution in [0.1, 0.15) is 24.0 Å². The fraction of sp³-hybridized carbons (Fsp3) is 0.350. The van der Waals surface area contributed by atoms with Crippen LogP contribution >= 0.6 is 11.3 Å². The first-order valence-corrected chi connectivity index (χ1v) is 9.58. The van der Waals surface area contributed by atoms with E-state index >= 15 is 0 Å². The van der Waals surface area contributed by atoms with Crippen molar-refractivity contribution in [1.29, 1.82) is 0 Å². The van der Waals surface area contributed by atoms with Crippen LogP contribution in [0.3, 0.4) is 0 Å². The summed E-state index contributed by atoms with van der Waals surface area (Å²) in [6.45, 7) is 3.07. The molecule has 2 aromatic heterocycles. The van der Waals surface area contributed by atoms with Gasteiger partial charge in [-0.1, -0.05) is 12.1 Å². The number of benzene rings is 1. The molecule has 1 fully saturated rings. The van der Waals surface area contributed by atoms with Crippen molar-refractivity contribution in [2.75, 3.05) is 13.2 Å². The Kier molecular flexibility index (Phi) is 4.97. The van der Waals surface area contributed by atoms with Gasteiger partial charge in [-0.2, -0.15) is 11.3 Å². The van der Waals surface area contributed by atoms with Crippen molar-refractivity contribution < 1.29 is 9.15 Å². The highest BCUT2D eigenvalue weighted by Crippen LogP contribution is 2.18. The minimum absolute atomic E-state index is 0.0597. The number of thiophene rings is 1. The molecule has 4 rings (SSSR count). The van der Waals surface area contributed by atoms with Crippen molar-refractivity contribution in [2.45, 2.75) is 32.0 Å². The van der Waals surface area contributed by atoms with E-state index in [1.54, 1.807) is 17.6 Å². The van der Waals surface area contributed by atoms with Gasteiger partial charge < -0.3 is 9.15 Å². The Morgan fingerprint density at radius 2 is 2.12 bits per heavy atom. The summed E-state index contributed by atoms with van der Waals surface area (Å²) in [7, 11) is 0. The van der Waals surface area contributed by atoms with Crippen molar-refractivity contribution in [3.63, 3.8) is 0 Å². The molecule has 25 heavy (non-hydrogen) atoms. The second-order valence-corrected chi connectivity index (χ2v) is 7.30. The summed E-state index contributed by atoms with van der Waals surface area (Å²) in [5.74, 6) is 0. The normalized spacial score (nSPS) is 17.6. The van der Waals surface area contributed by atoms with Crippen LogP contribution in [0.2, 0.25) is 0 Å². The lowest BCUT2D eigenvalue weighted by Crippen LogP contribution is -2.33. The van der Waals surface area contributed by atoms with Gasteiger partial charge in [0.2, 0.25) is 0 Å². The molecule has 1 aromatic carbocycles. The second-order valence-electron chi connectivity index (χ2n) is 6.52. The average Bonchev–Trinajstić information content (AvgIpc) is 3.32. The molecule has 4 nitrogen and oxygen atoms in total. The molecule has 130 valence electrons. The molecule has 0 bridgehead atoms. The van der Waals surface area contributed by atoms with Crippen LogP contribution < -0.4 is 5.43 Å². The lowest BCUT2D eigenvalue weighted by Gasteiger charge is -2.24. The van der Waals surface area contributed by atoms with Gasteiger partial charge in [-0.3, -0.25) is 9.69 Å². The van der Waals surface area contributed by atoms with Gasteiger partial charge in [0.15, 0.2) is 5.43 Å². The molecule has 5 heteroatoms. The van der Waals surface area contributed by atoms with E-state index < -0.39 is 0 Å². The molecule has 0 radical (unpaired) electrons. The molecule has 3 heterocycles. The van der Waals surface area contributed by atoms with Crippen LogP contribution in [0, 0.1) is 0 Å². The first-order valence-electron chi connectivity index (χ1n) is 8.64. The van der Waals surface area contributed by atoms with Crippen molar-refractivity contribution >= 4 is 22.3 Å². The summed E-state index contributed by atoms with van der Waals surface area (Å²) in [5.41, 5.74) is 2.67.